The molecule has 3 unspecified atom stereocenters. The van der Waals surface area contributed by atoms with Gasteiger partial charge in [0.15, 0.2) is 0 Å². The molecule has 0 radical (unpaired) electrons. The smallest absolute Gasteiger partial charge is 0.223 e. The summed E-state index contributed by atoms with van der Waals surface area (Å²) >= 11 is 0. The van der Waals surface area contributed by atoms with Crippen LogP contribution in [0.5, 0.6) is 0 Å². The number of nitrogens with one attached hydrogen (secondary N) is 2. The van der Waals surface area contributed by atoms with E-state index < -0.39 is 0 Å². The zero-order chi connectivity index (χ0) is 11.5. The highest BCUT2D eigenvalue weighted by Crippen LogP contribution is 2.20. The van der Waals surface area contributed by atoms with E-state index in [0.29, 0.717) is 5.92 Å². The number of carbonyl (C=O) groups excluding carboxylic acids is 1. The molecule has 2 aliphatic rings. The maximum absolute atomic E-state index is 11.9. The van der Waals surface area contributed by atoms with Crippen LogP contribution in [0.15, 0.2) is 0 Å². The van der Waals surface area contributed by atoms with E-state index in [1.54, 1.807) is 0 Å². The number of carbonyl (C=O) groups is 1. The van der Waals surface area contributed by atoms with E-state index >= 15 is 0 Å². The number of rotatable bonds is 3. The summed E-state index contributed by atoms with van der Waals surface area (Å²) in [5.41, 5.74) is 0. The lowest BCUT2D eigenvalue weighted by Gasteiger charge is -2.34. The monoisotopic (exact) mass is 226 g/mol. The van der Waals surface area contributed by atoms with Crippen molar-refractivity contribution >= 4 is 5.91 Å². The van der Waals surface area contributed by atoms with Crippen LogP contribution in [0.3, 0.4) is 0 Å². The largest absolute Gasteiger partial charge is 0.393 e. The van der Waals surface area contributed by atoms with Crippen molar-refractivity contribution in [3.05, 3.63) is 0 Å². The van der Waals surface area contributed by atoms with Crippen LogP contribution in [0.4, 0.5) is 0 Å². The van der Waals surface area contributed by atoms with E-state index in [2.05, 4.69) is 10.6 Å². The van der Waals surface area contributed by atoms with Gasteiger partial charge in [-0.05, 0) is 44.7 Å². The lowest BCUT2D eigenvalue weighted by atomic mass is 9.87. The fraction of sp³-hybridized carbons (Fsp3) is 0.917. The van der Waals surface area contributed by atoms with Gasteiger partial charge in [0, 0.05) is 12.0 Å². The Morgan fingerprint density at radius 2 is 2.19 bits per heavy atom. The van der Waals surface area contributed by atoms with Gasteiger partial charge in [0.05, 0.1) is 6.10 Å². The SMILES string of the molecule is CC(C(=O)NC1CCCC(O)C1)C1CNC1. The van der Waals surface area contributed by atoms with Crippen LogP contribution < -0.4 is 10.6 Å². The minimum atomic E-state index is -0.222. The highest BCUT2D eigenvalue weighted by Gasteiger charge is 2.30. The molecule has 3 N–H and O–H groups in total. The Balaban J connectivity index is 1.77. The number of aliphatic hydroxyl groups is 1. The molecule has 2 fully saturated rings. The Hall–Kier alpha value is -0.610. The van der Waals surface area contributed by atoms with Crippen LogP contribution in [-0.2, 0) is 4.79 Å². The van der Waals surface area contributed by atoms with Gasteiger partial charge in [-0.2, -0.15) is 0 Å². The Morgan fingerprint density at radius 3 is 2.75 bits per heavy atom. The molecule has 16 heavy (non-hydrogen) atoms. The van der Waals surface area contributed by atoms with Gasteiger partial charge in [-0.1, -0.05) is 6.92 Å². The van der Waals surface area contributed by atoms with Crippen LogP contribution in [0.25, 0.3) is 0 Å². The molecule has 4 heteroatoms. The van der Waals surface area contributed by atoms with Gasteiger partial charge in [-0.3, -0.25) is 4.79 Å². The molecule has 1 saturated heterocycles. The van der Waals surface area contributed by atoms with E-state index in [-0.39, 0.29) is 24.0 Å². The lowest BCUT2D eigenvalue weighted by molar-refractivity contribution is -0.127. The first kappa shape index (κ1) is 11.9. The first-order valence-corrected chi connectivity index (χ1v) is 6.36. The molecular weight excluding hydrogens is 204 g/mol. The topological polar surface area (TPSA) is 61.4 Å². The van der Waals surface area contributed by atoms with E-state index in [1.165, 1.54) is 0 Å². The molecule has 0 aromatic rings. The molecule has 1 amide bonds. The maximum Gasteiger partial charge on any atom is 0.223 e. The zero-order valence-electron chi connectivity index (χ0n) is 9.91. The van der Waals surface area contributed by atoms with Gasteiger partial charge in [0.1, 0.15) is 0 Å². The molecule has 1 aliphatic heterocycles. The van der Waals surface area contributed by atoms with Crippen molar-refractivity contribution in [3.63, 3.8) is 0 Å². The quantitative estimate of drug-likeness (QED) is 0.647. The summed E-state index contributed by atoms with van der Waals surface area (Å²) in [4.78, 5) is 11.9. The highest BCUT2D eigenvalue weighted by atomic mass is 16.3. The van der Waals surface area contributed by atoms with E-state index in [0.717, 1.165) is 38.8 Å². The summed E-state index contributed by atoms with van der Waals surface area (Å²) in [6.07, 6.45) is 3.42. The molecule has 0 spiro atoms. The Labute approximate surface area is 96.8 Å². The molecule has 0 bridgehead atoms. The molecule has 92 valence electrons. The van der Waals surface area contributed by atoms with E-state index in [9.17, 15) is 9.90 Å². The van der Waals surface area contributed by atoms with Crippen LogP contribution in [-0.4, -0.2) is 36.2 Å². The van der Waals surface area contributed by atoms with Crippen LogP contribution >= 0.6 is 0 Å². The van der Waals surface area contributed by atoms with Crippen molar-refractivity contribution in [1.29, 1.82) is 0 Å². The zero-order valence-corrected chi connectivity index (χ0v) is 9.91. The molecule has 1 saturated carbocycles. The number of aliphatic hydroxyl groups excluding tert-OH is 1. The van der Waals surface area contributed by atoms with Crippen molar-refractivity contribution in [2.24, 2.45) is 11.8 Å². The third-order valence-corrected chi connectivity index (χ3v) is 3.93. The van der Waals surface area contributed by atoms with E-state index in [4.69, 9.17) is 0 Å². The molecule has 4 nitrogen and oxygen atoms in total. The number of amides is 1. The van der Waals surface area contributed by atoms with Gasteiger partial charge >= 0.3 is 0 Å². The molecule has 3 atom stereocenters. The summed E-state index contributed by atoms with van der Waals surface area (Å²) in [5, 5.41) is 15.8. The molecule has 0 aromatic heterocycles. The first-order chi connectivity index (χ1) is 7.66. The van der Waals surface area contributed by atoms with Crippen LogP contribution in [0.2, 0.25) is 0 Å². The summed E-state index contributed by atoms with van der Waals surface area (Å²) in [6, 6.07) is 0.187. The molecule has 0 aromatic carbocycles. The second-order valence-electron chi connectivity index (χ2n) is 5.23. The third-order valence-electron chi connectivity index (χ3n) is 3.93. The molecule has 2 rings (SSSR count). The average molecular weight is 226 g/mol. The number of hydrogen-bond acceptors (Lipinski definition) is 3. The van der Waals surface area contributed by atoms with E-state index in [1.807, 2.05) is 6.92 Å². The lowest BCUT2D eigenvalue weighted by Crippen LogP contribution is -2.51. The fourth-order valence-electron chi connectivity index (χ4n) is 2.51. The Kier molecular flexibility index (Phi) is 3.82. The van der Waals surface area contributed by atoms with Gasteiger partial charge in [0.25, 0.3) is 0 Å². The van der Waals surface area contributed by atoms with Crippen molar-refractivity contribution in [1.82, 2.24) is 10.6 Å². The highest BCUT2D eigenvalue weighted by molar-refractivity contribution is 5.79. The molecule has 1 heterocycles. The second kappa shape index (κ2) is 5.15. The Bertz CT molecular complexity index is 253. The first-order valence-electron chi connectivity index (χ1n) is 6.36. The standard InChI is InChI=1S/C12H22N2O2/c1-8(9-6-13-7-9)12(16)14-10-3-2-4-11(15)5-10/h8-11,13,15H,2-7H2,1H3,(H,14,16). The van der Waals surface area contributed by atoms with Crippen molar-refractivity contribution in [2.45, 2.75) is 44.8 Å². The summed E-state index contributed by atoms with van der Waals surface area (Å²) in [7, 11) is 0. The number of hydrogen-bond donors (Lipinski definition) is 3. The maximum atomic E-state index is 11.9. The predicted molar refractivity (Wildman–Crippen MR) is 61.9 cm³/mol. The minimum Gasteiger partial charge on any atom is -0.393 e. The summed E-state index contributed by atoms with van der Waals surface area (Å²) < 4.78 is 0. The van der Waals surface area contributed by atoms with Crippen LogP contribution in [0, 0.1) is 11.8 Å². The third kappa shape index (κ3) is 2.74. The van der Waals surface area contributed by atoms with Crippen LogP contribution in [0.1, 0.15) is 32.6 Å². The average Bonchev–Trinajstić information content (AvgIpc) is 2.14. The molecule has 1 aliphatic carbocycles. The predicted octanol–water partition coefficient (Wildman–Crippen LogP) is 0.262. The minimum absolute atomic E-state index is 0.0975. The van der Waals surface area contributed by atoms with Gasteiger partial charge in [-0.25, -0.2) is 0 Å². The van der Waals surface area contributed by atoms with Crippen molar-refractivity contribution in [2.75, 3.05) is 13.1 Å². The van der Waals surface area contributed by atoms with Gasteiger partial charge in [0.2, 0.25) is 5.91 Å². The van der Waals surface area contributed by atoms with Crippen molar-refractivity contribution in [3.8, 4) is 0 Å². The van der Waals surface area contributed by atoms with Gasteiger partial charge < -0.3 is 15.7 Å². The van der Waals surface area contributed by atoms with Crippen molar-refractivity contribution < 1.29 is 9.90 Å². The second-order valence-corrected chi connectivity index (χ2v) is 5.23. The Morgan fingerprint density at radius 1 is 1.44 bits per heavy atom. The van der Waals surface area contributed by atoms with Gasteiger partial charge in [-0.15, -0.1) is 0 Å². The molecular formula is C12H22N2O2. The summed E-state index contributed by atoms with van der Waals surface area (Å²) in [6.45, 7) is 3.92. The fourth-order valence-corrected chi connectivity index (χ4v) is 2.51. The summed E-state index contributed by atoms with van der Waals surface area (Å²) in [5.74, 6) is 0.749. The normalized spacial score (nSPS) is 32.9.